The summed E-state index contributed by atoms with van der Waals surface area (Å²) in [6, 6.07) is 0. The van der Waals surface area contributed by atoms with Gasteiger partial charge in [0.25, 0.3) is 11.8 Å². The quantitative estimate of drug-likeness (QED) is 0.439. The molecule has 0 N–H and O–H groups in total. The highest BCUT2D eigenvalue weighted by atomic mass is 16.5. The van der Waals surface area contributed by atoms with Crippen LogP contribution in [0.5, 0.6) is 5.88 Å². The van der Waals surface area contributed by atoms with E-state index in [0.29, 0.717) is 30.2 Å². The van der Waals surface area contributed by atoms with Crippen LogP contribution in [0, 0.1) is 13.8 Å². The van der Waals surface area contributed by atoms with Crippen LogP contribution in [-0.4, -0.2) is 63.9 Å². The Hall–Kier alpha value is -4.35. The van der Waals surface area contributed by atoms with Gasteiger partial charge in [-0.05, 0) is 13.8 Å². The molecule has 0 amide bonds. The second-order valence-corrected chi connectivity index (χ2v) is 5.89. The Morgan fingerprint density at radius 2 is 1.47 bits per heavy atom. The molecule has 12 nitrogen and oxygen atoms in total. The van der Waals surface area contributed by atoms with Crippen molar-refractivity contribution in [3.8, 4) is 17.6 Å². The van der Waals surface area contributed by atoms with Gasteiger partial charge in [-0.25, -0.2) is 24.9 Å². The monoisotopic (exact) mass is 407 g/mol. The van der Waals surface area contributed by atoms with Gasteiger partial charge in [0.05, 0.1) is 30.9 Å². The summed E-state index contributed by atoms with van der Waals surface area (Å²) in [6.45, 7) is 3.74. The van der Waals surface area contributed by atoms with Crippen molar-refractivity contribution >= 4 is 12.6 Å². The van der Waals surface area contributed by atoms with Crippen molar-refractivity contribution in [2.24, 2.45) is 0 Å². The molecule has 4 heterocycles. The number of aldehydes is 2. The zero-order chi connectivity index (χ0) is 21.5. The van der Waals surface area contributed by atoms with Crippen LogP contribution in [0.3, 0.4) is 0 Å². The molecule has 0 aromatic carbocycles. The van der Waals surface area contributed by atoms with Crippen molar-refractivity contribution in [2.45, 2.75) is 13.8 Å². The lowest BCUT2D eigenvalue weighted by Crippen LogP contribution is -2.03. The van der Waals surface area contributed by atoms with E-state index in [9.17, 15) is 9.59 Å². The highest BCUT2D eigenvalue weighted by Gasteiger charge is 2.10. The van der Waals surface area contributed by atoms with Crippen molar-refractivity contribution in [3.05, 3.63) is 60.2 Å². The highest BCUT2D eigenvalue weighted by Crippen LogP contribution is 2.17. The Morgan fingerprint density at radius 1 is 0.833 bits per heavy atom. The van der Waals surface area contributed by atoms with Crippen LogP contribution in [0.15, 0.2) is 37.4 Å². The fourth-order valence-corrected chi connectivity index (χ4v) is 2.27. The molecule has 152 valence electrons. The number of rotatable bonds is 5. The van der Waals surface area contributed by atoms with Gasteiger partial charge in [-0.15, -0.1) is 10.2 Å². The van der Waals surface area contributed by atoms with Crippen LogP contribution in [0.1, 0.15) is 32.4 Å². The molecule has 0 aliphatic carbocycles. The van der Waals surface area contributed by atoms with Crippen molar-refractivity contribution in [1.82, 2.24) is 44.3 Å². The van der Waals surface area contributed by atoms with E-state index in [1.165, 1.54) is 19.5 Å². The van der Waals surface area contributed by atoms with E-state index < -0.39 is 0 Å². The summed E-state index contributed by atoms with van der Waals surface area (Å²) in [4.78, 5) is 41.0. The van der Waals surface area contributed by atoms with Crippen LogP contribution in [0.2, 0.25) is 0 Å². The topological polar surface area (TPSA) is 143 Å². The molecule has 30 heavy (non-hydrogen) atoms. The minimum atomic E-state index is 0.214. The van der Waals surface area contributed by atoms with E-state index in [1.54, 1.807) is 34.2 Å². The maximum absolute atomic E-state index is 10.5. The Balaban J connectivity index is 0.000000172. The molecule has 0 fully saturated rings. The third kappa shape index (κ3) is 4.73. The lowest BCUT2D eigenvalue weighted by atomic mass is 10.5. The second-order valence-electron chi connectivity index (χ2n) is 5.89. The Labute approximate surface area is 170 Å². The average molecular weight is 407 g/mol. The number of nitrogens with zero attached hydrogens (tertiary/aromatic N) is 9. The molecular weight excluding hydrogens is 390 g/mol. The SMILES string of the molecule is COc1nc(C=O)cnc1-n1cnc(C)c1.Cc1cn(-c2ncc(C=O)nn2)cn1. The number of carbonyl (C=O) groups is 2. The molecule has 4 rings (SSSR count). The van der Waals surface area contributed by atoms with Crippen molar-refractivity contribution in [2.75, 3.05) is 7.11 Å². The molecule has 12 heteroatoms. The molecule has 0 unspecified atom stereocenters. The first kappa shape index (κ1) is 20.4. The molecule has 0 aliphatic heterocycles. The molecule has 0 aliphatic rings. The maximum atomic E-state index is 10.5. The zero-order valence-electron chi connectivity index (χ0n) is 16.4. The summed E-state index contributed by atoms with van der Waals surface area (Å²) in [5, 5.41) is 7.42. The molecule has 4 aromatic rings. The minimum Gasteiger partial charge on any atom is -0.478 e. The van der Waals surface area contributed by atoms with Gasteiger partial charge in [-0.3, -0.25) is 18.7 Å². The van der Waals surface area contributed by atoms with Gasteiger partial charge in [-0.2, -0.15) is 0 Å². The summed E-state index contributed by atoms with van der Waals surface area (Å²) >= 11 is 0. The number of methoxy groups -OCH3 is 1. The lowest BCUT2D eigenvalue weighted by Gasteiger charge is -2.06. The summed E-state index contributed by atoms with van der Waals surface area (Å²) in [6.07, 6.45) is 10.8. The smallest absolute Gasteiger partial charge is 0.258 e. The van der Waals surface area contributed by atoms with Gasteiger partial charge in [0.15, 0.2) is 12.6 Å². The molecular formula is C18H17N9O3. The molecule has 0 saturated heterocycles. The first-order valence-electron chi connectivity index (χ1n) is 8.57. The van der Waals surface area contributed by atoms with Crippen LogP contribution in [0.4, 0.5) is 0 Å². The fraction of sp³-hybridized carbons (Fsp3) is 0.167. The minimum absolute atomic E-state index is 0.214. The second kappa shape index (κ2) is 9.23. The van der Waals surface area contributed by atoms with Crippen LogP contribution in [-0.2, 0) is 0 Å². The molecule has 0 saturated carbocycles. The first-order valence-corrected chi connectivity index (χ1v) is 8.57. The Kier molecular flexibility index (Phi) is 6.27. The number of carbonyl (C=O) groups excluding carboxylic acids is 2. The summed E-state index contributed by atoms with van der Waals surface area (Å²) in [7, 11) is 1.48. The predicted octanol–water partition coefficient (Wildman–Crippen LogP) is 0.970. The Bertz CT molecular complexity index is 1150. The van der Waals surface area contributed by atoms with Crippen molar-refractivity contribution in [1.29, 1.82) is 0 Å². The van der Waals surface area contributed by atoms with Gasteiger partial charge < -0.3 is 4.74 Å². The molecule has 0 spiro atoms. The average Bonchev–Trinajstić information content (AvgIpc) is 3.42. The standard InChI is InChI=1S/C10H10N4O2.C8H7N5O/c1-7-4-14(6-12-7)9-10(16-2)13-8(5-15)3-11-9;1-6-3-13(5-10-6)8-9-2-7(4-14)11-12-8/h3-6H,1-2H3;2-5H,1H3. The molecule has 0 radical (unpaired) electrons. The fourth-order valence-electron chi connectivity index (χ4n) is 2.27. The summed E-state index contributed by atoms with van der Waals surface area (Å²) in [5.41, 5.74) is 2.18. The molecule has 0 bridgehead atoms. The van der Waals surface area contributed by atoms with E-state index in [0.717, 1.165) is 11.4 Å². The van der Waals surface area contributed by atoms with Crippen LogP contribution < -0.4 is 4.74 Å². The third-order valence-corrected chi connectivity index (χ3v) is 3.64. The summed E-state index contributed by atoms with van der Waals surface area (Å²) in [5.74, 6) is 1.20. The lowest BCUT2D eigenvalue weighted by molar-refractivity contribution is 0.111. The maximum Gasteiger partial charge on any atom is 0.258 e. The Morgan fingerprint density at radius 3 is 1.97 bits per heavy atom. The molecule has 0 atom stereocenters. The number of aromatic nitrogens is 9. The highest BCUT2D eigenvalue weighted by molar-refractivity contribution is 5.71. The van der Waals surface area contributed by atoms with Gasteiger partial charge in [0, 0.05) is 12.4 Å². The van der Waals surface area contributed by atoms with Crippen LogP contribution >= 0.6 is 0 Å². The number of ether oxygens (including phenoxy) is 1. The van der Waals surface area contributed by atoms with Crippen molar-refractivity contribution < 1.29 is 14.3 Å². The van der Waals surface area contributed by atoms with Gasteiger partial charge in [0.1, 0.15) is 24.0 Å². The van der Waals surface area contributed by atoms with Crippen LogP contribution in [0.25, 0.3) is 11.8 Å². The van der Waals surface area contributed by atoms with E-state index in [1.807, 2.05) is 13.8 Å². The first-order chi connectivity index (χ1) is 14.5. The van der Waals surface area contributed by atoms with E-state index in [2.05, 4.69) is 35.1 Å². The number of hydrogen-bond acceptors (Lipinski definition) is 10. The third-order valence-electron chi connectivity index (χ3n) is 3.64. The zero-order valence-corrected chi connectivity index (χ0v) is 16.4. The number of hydrogen-bond donors (Lipinski definition) is 0. The normalized spacial score (nSPS) is 10.1. The van der Waals surface area contributed by atoms with Gasteiger partial charge >= 0.3 is 0 Å². The van der Waals surface area contributed by atoms with Gasteiger partial charge in [0.2, 0.25) is 5.82 Å². The predicted molar refractivity (Wildman–Crippen MR) is 103 cm³/mol. The van der Waals surface area contributed by atoms with E-state index in [4.69, 9.17) is 4.74 Å². The number of imidazole rings is 2. The summed E-state index contributed by atoms with van der Waals surface area (Å²) < 4.78 is 8.40. The van der Waals surface area contributed by atoms with Gasteiger partial charge in [-0.1, -0.05) is 0 Å². The molecule has 4 aromatic heterocycles. The largest absolute Gasteiger partial charge is 0.478 e. The van der Waals surface area contributed by atoms with Crippen molar-refractivity contribution in [3.63, 3.8) is 0 Å². The van der Waals surface area contributed by atoms with E-state index >= 15 is 0 Å². The number of aryl methyl sites for hydroxylation is 2. The van der Waals surface area contributed by atoms with E-state index in [-0.39, 0.29) is 11.4 Å².